The number of nitrogens with two attached hydrogens (primary N) is 1. The van der Waals surface area contributed by atoms with Crippen LogP contribution in [0, 0.1) is 5.92 Å². The molecule has 0 aliphatic carbocycles. The van der Waals surface area contributed by atoms with Crippen LogP contribution in [0.1, 0.15) is 17.2 Å². The Balaban J connectivity index is 2.07. The molecular weight excluding hydrogens is 224 g/mol. The summed E-state index contributed by atoms with van der Waals surface area (Å²) in [4.78, 5) is 14.7. The van der Waals surface area contributed by atoms with Crippen molar-refractivity contribution in [3.63, 3.8) is 0 Å². The molecule has 0 aromatic carbocycles. The van der Waals surface area contributed by atoms with E-state index in [4.69, 9.17) is 10.8 Å². The van der Waals surface area contributed by atoms with Crippen molar-refractivity contribution >= 4 is 17.7 Å². The van der Waals surface area contributed by atoms with Gasteiger partial charge < -0.3 is 10.8 Å². The molecule has 0 amide bonds. The minimum atomic E-state index is -0.770. The van der Waals surface area contributed by atoms with Gasteiger partial charge in [0.2, 0.25) is 0 Å². The fourth-order valence-electron chi connectivity index (χ4n) is 1.98. The van der Waals surface area contributed by atoms with E-state index < -0.39 is 5.97 Å². The highest BCUT2D eigenvalue weighted by molar-refractivity contribution is 7.99. The summed E-state index contributed by atoms with van der Waals surface area (Å²) in [6.07, 6.45) is 3.69. The SMILES string of the molecule is NC1C(CC(=O)O)CSC1c1cccnc1. The molecule has 4 nitrogen and oxygen atoms in total. The molecule has 0 radical (unpaired) electrons. The maximum Gasteiger partial charge on any atom is 0.303 e. The van der Waals surface area contributed by atoms with Crippen molar-refractivity contribution < 1.29 is 9.90 Å². The van der Waals surface area contributed by atoms with Crippen LogP contribution in [0.2, 0.25) is 0 Å². The van der Waals surface area contributed by atoms with Gasteiger partial charge in [-0.15, -0.1) is 0 Å². The lowest BCUT2D eigenvalue weighted by atomic mass is 9.94. The molecule has 3 atom stereocenters. The summed E-state index contributed by atoms with van der Waals surface area (Å²) in [6.45, 7) is 0. The summed E-state index contributed by atoms with van der Waals surface area (Å²) in [5.41, 5.74) is 7.18. The first-order chi connectivity index (χ1) is 7.68. The zero-order valence-corrected chi connectivity index (χ0v) is 9.56. The molecule has 1 aromatic rings. The number of hydrogen-bond donors (Lipinski definition) is 2. The third-order valence-corrected chi connectivity index (χ3v) is 4.40. The zero-order valence-electron chi connectivity index (χ0n) is 8.74. The molecule has 0 spiro atoms. The second-order valence-corrected chi connectivity index (χ2v) is 5.15. The van der Waals surface area contributed by atoms with Crippen molar-refractivity contribution in [2.75, 3.05) is 5.75 Å². The third kappa shape index (κ3) is 2.36. The molecule has 0 bridgehead atoms. The van der Waals surface area contributed by atoms with Gasteiger partial charge >= 0.3 is 5.97 Å². The van der Waals surface area contributed by atoms with Gasteiger partial charge in [0.25, 0.3) is 0 Å². The van der Waals surface area contributed by atoms with E-state index in [1.807, 2.05) is 12.1 Å². The van der Waals surface area contributed by atoms with Gasteiger partial charge in [0.05, 0.1) is 6.42 Å². The highest BCUT2D eigenvalue weighted by Gasteiger charge is 2.36. The molecular formula is C11H14N2O2S. The van der Waals surface area contributed by atoms with E-state index >= 15 is 0 Å². The monoisotopic (exact) mass is 238 g/mol. The normalized spacial score (nSPS) is 29.2. The first-order valence-corrected chi connectivity index (χ1v) is 6.22. The second kappa shape index (κ2) is 4.84. The first-order valence-electron chi connectivity index (χ1n) is 5.17. The molecule has 1 aliphatic heterocycles. The van der Waals surface area contributed by atoms with Crippen LogP contribution in [0.25, 0.3) is 0 Å². The number of aliphatic carboxylic acids is 1. The smallest absolute Gasteiger partial charge is 0.303 e. The first kappa shape index (κ1) is 11.4. The molecule has 1 aliphatic rings. The van der Waals surface area contributed by atoms with E-state index in [0.29, 0.717) is 0 Å². The Hall–Kier alpha value is -1.07. The number of nitrogens with zero attached hydrogens (tertiary/aromatic N) is 1. The number of rotatable bonds is 3. The molecule has 86 valence electrons. The molecule has 3 unspecified atom stereocenters. The topological polar surface area (TPSA) is 76.2 Å². The number of carboxylic acid groups (broad SMARTS) is 1. The van der Waals surface area contributed by atoms with Crippen LogP contribution in [0.3, 0.4) is 0 Å². The number of hydrogen-bond acceptors (Lipinski definition) is 4. The predicted molar refractivity (Wildman–Crippen MR) is 63.2 cm³/mol. The van der Waals surface area contributed by atoms with Crippen LogP contribution in [-0.4, -0.2) is 27.9 Å². The lowest BCUT2D eigenvalue weighted by Gasteiger charge is -2.18. The quantitative estimate of drug-likeness (QED) is 0.829. The van der Waals surface area contributed by atoms with Gasteiger partial charge in [0.1, 0.15) is 0 Å². The summed E-state index contributed by atoms with van der Waals surface area (Å²) >= 11 is 1.73. The van der Waals surface area contributed by atoms with Crippen LogP contribution in [0.5, 0.6) is 0 Å². The molecule has 1 aromatic heterocycles. The average Bonchev–Trinajstić information content (AvgIpc) is 2.61. The number of thioether (sulfide) groups is 1. The van der Waals surface area contributed by atoms with Crippen LogP contribution < -0.4 is 5.73 Å². The van der Waals surface area contributed by atoms with Gasteiger partial charge in [0.15, 0.2) is 0 Å². The maximum absolute atomic E-state index is 10.7. The van der Waals surface area contributed by atoms with Crippen LogP contribution in [-0.2, 0) is 4.79 Å². The van der Waals surface area contributed by atoms with E-state index in [-0.39, 0.29) is 23.6 Å². The van der Waals surface area contributed by atoms with Crippen molar-refractivity contribution in [1.82, 2.24) is 4.98 Å². The summed E-state index contributed by atoms with van der Waals surface area (Å²) in [5.74, 6) is 0.105. The second-order valence-electron chi connectivity index (χ2n) is 3.98. The number of pyridine rings is 1. The molecule has 2 heterocycles. The van der Waals surface area contributed by atoms with Crippen LogP contribution in [0.15, 0.2) is 24.5 Å². The average molecular weight is 238 g/mol. The number of carboxylic acids is 1. The van der Waals surface area contributed by atoms with E-state index in [2.05, 4.69) is 4.98 Å². The Morgan fingerprint density at radius 3 is 3.12 bits per heavy atom. The molecule has 16 heavy (non-hydrogen) atoms. The molecule has 5 heteroatoms. The largest absolute Gasteiger partial charge is 0.481 e. The van der Waals surface area contributed by atoms with E-state index in [1.54, 1.807) is 24.2 Å². The lowest BCUT2D eigenvalue weighted by molar-refractivity contribution is -0.138. The van der Waals surface area contributed by atoms with Gasteiger partial charge in [-0.2, -0.15) is 11.8 Å². The summed E-state index contributed by atoms with van der Waals surface area (Å²) in [5, 5.41) is 8.95. The van der Waals surface area contributed by atoms with Crippen molar-refractivity contribution in [2.24, 2.45) is 11.7 Å². The zero-order chi connectivity index (χ0) is 11.5. The fraction of sp³-hybridized carbons (Fsp3) is 0.455. The highest BCUT2D eigenvalue weighted by atomic mass is 32.2. The Bertz CT molecular complexity index is 372. The van der Waals surface area contributed by atoms with Crippen molar-refractivity contribution in [3.8, 4) is 0 Å². The highest BCUT2D eigenvalue weighted by Crippen LogP contribution is 2.43. The van der Waals surface area contributed by atoms with Crippen molar-refractivity contribution in [1.29, 1.82) is 0 Å². The summed E-state index contributed by atoms with van der Waals surface area (Å²) in [6, 6.07) is 3.78. The maximum atomic E-state index is 10.7. The van der Waals surface area contributed by atoms with Gasteiger partial charge in [-0.05, 0) is 23.3 Å². The Labute approximate surface area is 98.3 Å². The standard InChI is InChI=1S/C11H14N2O2S/c12-10-8(4-9(14)15)6-16-11(10)7-2-1-3-13-5-7/h1-3,5,8,10-11H,4,6,12H2,(H,14,15). The molecule has 0 saturated carbocycles. The number of carbonyl (C=O) groups is 1. The van der Waals surface area contributed by atoms with E-state index in [9.17, 15) is 4.79 Å². The van der Waals surface area contributed by atoms with Crippen LogP contribution >= 0.6 is 11.8 Å². The van der Waals surface area contributed by atoms with Crippen LogP contribution in [0.4, 0.5) is 0 Å². The molecule has 2 rings (SSSR count). The Morgan fingerprint density at radius 1 is 1.69 bits per heavy atom. The number of aromatic nitrogens is 1. The van der Waals surface area contributed by atoms with Crippen molar-refractivity contribution in [3.05, 3.63) is 30.1 Å². The van der Waals surface area contributed by atoms with E-state index in [0.717, 1.165) is 11.3 Å². The fourth-order valence-corrected chi connectivity index (χ4v) is 3.55. The lowest BCUT2D eigenvalue weighted by Crippen LogP contribution is -2.32. The Kier molecular flexibility index (Phi) is 3.46. The van der Waals surface area contributed by atoms with Gasteiger partial charge in [0, 0.05) is 23.7 Å². The van der Waals surface area contributed by atoms with Gasteiger partial charge in [-0.1, -0.05) is 6.07 Å². The van der Waals surface area contributed by atoms with Crippen molar-refractivity contribution in [2.45, 2.75) is 17.7 Å². The molecule has 1 fully saturated rings. The molecule has 3 N–H and O–H groups in total. The van der Waals surface area contributed by atoms with Gasteiger partial charge in [-0.25, -0.2) is 0 Å². The minimum absolute atomic E-state index is 0.0627. The van der Waals surface area contributed by atoms with E-state index in [1.165, 1.54) is 0 Å². The minimum Gasteiger partial charge on any atom is -0.481 e. The summed E-state index contributed by atoms with van der Waals surface area (Å²) in [7, 11) is 0. The summed E-state index contributed by atoms with van der Waals surface area (Å²) < 4.78 is 0. The molecule has 1 saturated heterocycles. The predicted octanol–water partition coefficient (Wildman–Crippen LogP) is 1.29. The Morgan fingerprint density at radius 2 is 2.50 bits per heavy atom. The third-order valence-electron chi connectivity index (χ3n) is 2.83. The van der Waals surface area contributed by atoms with Gasteiger partial charge in [-0.3, -0.25) is 9.78 Å².